The number of rotatable bonds is 5. The molecule has 1 aliphatic rings. The summed E-state index contributed by atoms with van der Waals surface area (Å²) < 4.78 is 0. The van der Waals surface area contributed by atoms with Crippen LogP contribution in [0.15, 0.2) is 24.3 Å². The van der Waals surface area contributed by atoms with Gasteiger partial charge in [-0.2, -0.15) is 0 Å². The molecule has 0 aromatic heterocycles. The van der Waals surface area contributed by atoms with Gasteiger partial charge in [-0.15, -0.1) is 11.8 Å². The van der Waals surface area contributed by atoms with Crippen LogP contribution in [0.25, 0.3) is 0 Å². The van der Waals surface area contributed by atoms with E-state index < -0.39 is 0 Å². The van der Waals surface area contributed by atoms with Crippen LogP contribution >= 0.6 is 11.8 Å². The van der Waals surface area contributed by atoms with Crippen LogP contribution < -0.4 is 4.90 Å². The molecule has 0 radical (unpaired) electrons. The third kappa shape index (κ3) is 3.18. The second-order valence-electron chi connectivity index (χ2n) is 5.65. The first-order valence-corrected chi connectivity index (χ1v) is 8.23. The molecule has 0 fully saturated rings. The molecule has 1 amide bonds. The van der Waals surface area contributed by atoms with Crippen LogP contribution in [0.4, 0.5) is 5.69 Å². The highest BCUT2D eigenvalue weighted by atomic mass is 32.2. The van der Waals surface area contributed by atoms with Crippen LogP contribution in [0.5, 0.6) is 0 Å². The number of nitrogens with zero attached hydrogens (tertiary/aromatic N) is 1. The minimum atomic E-state index is -0.0717. The van der Waals surface area contributed by atoms with Gasteiger partial charge in [-0.25, -0.2) is 0 Å². The van der Waals surface area contributed by atoms with E-state index in [9.17, 15) is 4.79 Å². The molecule has 3 nitrogen and oxygen atoms in total. The summed E-state index contributed by atoms with van der Waals surface area (Å²) in [4.78, 5) is 14.6. The van der Waals surface area contributed by atoms with E-state index in [1.807, 2.05) is 36.9 Å². The first-order chi connectivity index (χ1) is 9.54. The van der Waals surface area contributed by atoms with Gasteiger partial charge < -0.3 is 10.0 Å². The Morgan fingerprint density at radius 1 is 1.45 bits per heavy atom. The van der Waals surface area contributed by atoms with E-state index in [4.69, 9.17) is 5.11 Å². The number of aliphatic hydroxyl groups excluding tert-OH is 1. The van der Waals surface area contributed by atoms with Gasteiger partial charge in [0.2, 0.25) is 5.91 Å². The number of amides is 1. The summed E-state index contributed by atoms with van der Waals surface area (Å²) in [5.41, 5.74) is 2.32. The second kappa shape index (κ2) is 6.64. The summed E-state index contributed by atoms with van der Waals surface area (Å²) in [6, 6.07) is 8.39. The van der Waals surface area contributed by atoms with Crippen molar-refractivity contribution in [3.8, 4) is 0 Å². The lowest BCUT2D eigenvalue weighted by Crippen LogP contribution is -2.40. The van der Waals surface area contributed by atoms with Crippen molar-refractivity contribution in [1.29, 1.82) is 0 Å². The van der Waals surface area contributed by atoms with E-state index in [1.165, 1.54) is 5.56 Å². The molecule has 0 aliphatic carbocycles. The third-order valence-corrected chi connectivity index (χ3v) is 5.20. The number of hydrogen-bond acceptors (Lipinski definition) is 3. The van der Waals surface area contributed by atoms with Crippen molar-refractivity contribution in [2.24, 2.45) is 5.92 Å². The van der Waals surface area contributed by atoms with Gasteiger partial charge in [0.15, 0.2) is 0 Å². The number of fused-ring (bicyclic) bond motifs is 1. The number of thioether (sulfide) groups is 1. The molecule has 110 valence electrons. The van der Waals surface area contributed by atoms with E-state index >= 15 is 0 Å². The molecule has 1 aromatic rings. The maximum absolute atomic E-state index is 12.7. The smallest absolute Gasteiger partial charge is 0.240 e. The molecule has 1 aliphatic heterocycles. The van der Waals surface area contributed by atoms with Crippen molar-refractivity contribution in [2.45, 2.75) is 38.5 Å². The molecule has 20 heavy (non-hydrogen) atoms. The fourth-order valence-corrected chi connectivity index (χ4v) is 3.51. The maximum Gasteiger partial charge on any atom is 0.240 e. The zero-order valence-corrected chi connectivity index (χ0v) is 13.2. The summed E-state index contributed by atoms with van der Waals surface area (Å²) in [7, 11) is 0. The van der Waals surface area contributed by atoms with Gasteiger partial charge in [-0.05, 0) is 43.6 Å². The van der Waals surface area contributed by atoms with E-state index in [2.05, 4.69) is 13.0 Å². The number of carbonyl (C=O) groups excluding carboxylic acids is 1. The van der Waals surface area contributed by atoms with Crippen LogP contribution in [0, 0.1) is 5.92 Å². The minimum Gasteiger partial charge on any atom is -0.396 e. The Balaban J connectivity index is 2.05. The Kier molecular flexibility index (Phi) is 5.11. The highest BCUT2D eigenvalue weighted by Gasteiger charge is 2.33. The summed E-state index contributed by atoms with van der Waals surface area (Å²) in [5.74, 6) is 1.23. The Labute approximate surface area is 125 Å². The summed E-state index contributed by atoms with van der Waals surface area (Å²) in [5, 5.41) is 8.99. The van der Waals surface area contributed by atoms with Crippen molar-refractivity contribution >= 4 is 23.4 Å². The Morgan fingerprint density at radius 2 is 2.15 bits per heavy atom. The van der Waals surface area contributed by atoms with Crippen LogP contribution in [0.1, 0.15) is 26.3 Å². The van der Waals surface area contributed by atoms with E-state index in [0.29, 0.717) is 0 Å². The van der Waals surface area contributed by atoms with Gasteiger partial charge in [0, 0.05) is 18.3 Å². The molecule has 0 spiro atoms. The Morgan fingerprint density at radius 3 is 2.85 bits per heavy atom. The lowest BCUT2D eigenvalue weighted by Gasteiger charge is -2.26. The lowest BCUT2D eigenvalue weighted by molar-refractivity contribution is -0.118. The number of carbonyl (C=O) groups is 1. The number of benzene rings is 1. The maximum atomic E-state index is 12.7. The van der Waals surface area contributed by atoms with Gasteiger partial charge in [0.25, 0.3) is 0 Å². The zero-order valence-electron chi connectivity index (χ0n) is 12.4. The quantitative estimate of drug-likeness (QED) is 0.907. The molecule has 0 saturated carbocycles. The molecule has 1 N–H and O–H groups in total. The van der Waals surface area contributed by atoms with Crippen molar-refractivity contribution < 1.29 is 9.90 Å². The highest BCUT2D eigenvalue weighted by Crippen LogP contribution is 2.33. The average molecular weight is 293 g/mol. The normalized spacial score (nSPS) is 20.6. The largest absolute Gasteiger partial charge is 0.396 e. The van der Waals surface area contributed by atoms with Crippen molar-refractivity contribution in [2.75, 3.05) is 17.3 Å². The zero-order chi connectivity index (χ0) is 14.7. The van der Waals surface area contributed by atoms with E-state index in [0.717, 1.165) is 17.9 Å². The van der Waals surface area contributed by atoms with Crippen LogP contribution in [0.3, 0.4) is 0 Å². The molecule has 1 aromatic carbocycles. The molecular formula is C16H23NO2S. The fraction of sp³-hybridized carbons (Fsp3) is 0.562. The number of aliphatic hydroxyl groups is 1. The van der Waals surface area contributed by atoms with Crippen molar-refractivity contribution in [3.05, 3.63) is 29.8 Å². The average Bonchev–Trinajstić information content (AvgIpc) is 2.79. The number of hydrogen-bond donors (Lipinski definition) is 1. The van der Waals surface area contributed by atoms with Gasteiger partial charge in [0.1, 0.15) is 0 Å². The lowest BCUT2D eigenvalue weighted by atomic mass is 10.1. The molecule has 1 heterocycles. The molecule has 3 unspecified atom stereocenters. The first-order valence-electron chi connectivity index (χ1n) is 7.18. The molecule has 4 heteroatoms. The number of anilines is 1. The third-order valence-electron chi connectivity index (χ3n) is 3.73. The second-order valence-corrected chi connectivity index (χ2v) is 7.03. The first kappa shape index (κ1) is 15.4. The molecule has 0 bridgehead atoms. The molecule has 3 atom stereocenters. The van der Waals surface area contributed by atoms with E-state index in [-0.39, 0.29) is 29.7 Å². The van der Waals surface area contributed by atoms with Gasteiger partial charge in [-0.3, -0.25) is 4.79 Å². The van der Waals surface area contributed by atoms with Crippen molar-refractivity contribution in [3.63, 3.8) is 0 Å². The minimum absolute atomic E-state index is 0.0717. The SMILES string of the molecule is CC(CO)CSC(C)C(=O)N1c2ccccc2CC1C. The van der Waals surface area contributed by atoms with Gasteiger partial charge in [0.05, 0.1) is 5.25 Å². The summed E-state index contributed by atoms with van der Waals surface area (Å²) >= 11 is 1.63. The standard InChI is InChI=1S/C16H23NO2S/c1-11(9-18)10-20-13(3)16(19)17-12(2)8-14-6-4-5-7-15(14)17/h4-7,11-13,18H,8-10H2,1-3H3. The van der Waals surface area contributed by atoms with Gasteiger partial charge in [-0.1, -0.05) is 25.1 Å². The molecule has 2 rings (SSSR count). The summed E-state index contributed by atoms with van der Waals surface area (Å²) in [6.45, 7) is 6.24. The van der Waals surface area contributed by atoms with Crippen LogP contribution in [0.2, 0.25) is 0 Å². The monoisotopic (exact) mass is 293 g/mol. The molecular weight excluding hydrogens is 270 g/mol. The Hall–Kier alpha value is -1.00. The topological polar surface area (TPSA) is 40.5 Å². The predicted octanol–water partition coefficient (Wildman–Crippen LogP) is 2.71. The van der Waals surface area contributed by atoms with Crippen LogP contribution in [-0.2, 0) is 11.2 Å². The van der Waals surface area contributed by atoms with Crippen LogP contribution in [-0.4, -0.2) is 34.7 Å². The number of para-hydroxylation sites is 1. The van der Waals surface area contributed by atoms with E-state index in [1.54, 1.807) is 11.8 Å². The predicted molar refractivity (Wildman–Crippen MR) is 85.3 cm³/mol. The highest BCUT2D eigenvalue weighted by molar-refractivity contribution is 8.00. The molecule has 0 saturated heterocycles. The van der Waals surface area contributed by atoms with Gasteiger partial charge >= 0.3 is 0 Å². The fourth-order valence-electron chi connectivity index (χ4n) is 2.53. The Bertz CT molecular complexity index is 477. The van der Waals surface area contributed by atoms with Crippen molar-refractivity contribution in [1.82, 2.24) is 0 Å². The summed E-state index contributed by atoms with van der Waals surface area (Å²) in [6.07, 6.45) is 0.937.